The van der Waals surface area contributed by atoms with E-state index in [1.54, 1.807) is 0 Å². The number of anilines is 1. The Bertz CT molecular complexity index is 596. The van der Waals surface area contributed by atoms with E-state index in [1.165, 1.54) is 29.1 Å². The molecule has 2 rings (SSSR count). The first-order valence-corrected chi connectivity index (χ1v) is 5.38. The monoisotopic (exact) mass is 298 g/mol. The van der Waals surface area contributed by atoms with Crippen LogP contribution in [0, 0.1) is 5.82 Å². The molecule has 0 saturated carbocycles. The van der Waals surface area contributed by atoms with Gasteiger partial charge in [-0.3, -0.25) is 4.79 Å². The third-order valence-corrected chi connectivity index (χ3v) is 2.84. The van der Waals surface area contributed by atoms with Crippen LogP contribution in [-0.2, 0) is 0 Å². The number of nitrogens with zero attached hydrogens (tertiary/aromatic N) is 2. The molecule has 0 radical (unpaired) electrons. The summed E-state index contributed by atoms with van der Waals surface area (Å²) in [6, 6.07) is 4.04. The van der Waals surface area contributed by atoms with Crippen molar-refractivity contribution in [1.29, 1.82) is 0 Å². The molecule has 0 aliphatic carbocycles. The van der Waals surface area contributed by atoms with Crippen molar-refractivity contribution in [2.45, 2.75) is 0 Å². The highest BCUT2D eigenvalue weighted by Crippen LogP contribution is 2.25. The van der Waals surface area contributed by atoms with Crippen LogP contribution in [-0.4, -0.2) is 15.7 Å². The predicted molar refractivity (Wildman–Crippen MR) is 64.2 cm³/mol. The molecule has 1 heterocycles. The fourth-order valence-corrected chi connectivity index (χ4v) is 1.91. The van der Waals surface area contributed by atoms with Crippen molar-refractivity contribution in [1.82, 2.24) is 9.78 Å². The van der Waals surface area contributed by atoms with E-state index in [9.17, 15) is 9.18 Å². The maximum absolute atomic E-state index is 12.9. The molecule has 0 unspecified atom stereocenters. The Morgan fingerprint density at radius 3 is 2.71 bits per heavy atom. The van der Waals surface area contributed by atoms with E-state index >= 15 is 0 Å². The predicted octanol–water partition coefficient (Wildman–Crippen LogP) is 1.46. The maximum atomic E-state index is 12.9. The molecule has 1 amide bonds. The summed E-state index contributed by atoms with van der Waals surface area (Å²) < 4.78 is 14.7. The van der Waals surface area contributed by atoms with Crippen molar-refractivity contribution in [3.8, 4) is 5.69 Å². The van der Waals surface area contributed by atoms with E-state index in [0.29, 0.717) is 10.2 Å². The number of carbonyl (C=O) groups is 1. The molecule has 0 spiro atoms. The van der Waals surface area contributed by atoms with Crippen LogP contribution in [0.3, 0.4) is 0 Å². The lowest BCUT2D eigenvalue weighted by Crippen LogP contribution is -2.13. The SMILES string of the molecule is NC(=O)c1cnn(-c2ccc(F)cc2Br)c1N. The number of hydrogen-bond donors (Lipinski definition) is 2. The second-order valence-electron chi connectivity index (χ2n) is 3.32. The van der Waals surface area contributed by atoms with Crippen LogP contribution >= 0.6 is 15.9 Å². The molecule has 0 atom stereocenters. The van der Waals surface area contributed by atoms with Crippen molar-refractivity contribution in [2.75, 3.05) is 5.73 Å². The highest BCUT2D eigenvalue weighted by Gasteiger charge is 2.15. The third kappa shape index (κ3) is 2.01. The van der Waals surface area contributed by atoms with Gasteiger partial charge in [-0.05, 0) is 34.1 Å². The fourth-order valence-electron chi connectivity index (χ4n) is 1.39. The van der Waals surface area contributed by atoms with E-state index in [4.69, 9.17) is 11.5 Å². The Hall–Kier alpha value is -1.89. The lowest BCUT2D eigenvalue weighted by molar-refractivity contribution is 0.100. The van der Waals surface area contributed by atoms with Gasteiger partial charge in [-0.2, -0.15) is 5.10 Å². The van der Waals surface area contributed by atoms with Gasteiger partial charge in [-0.15, -0.1) is 0 Å². The minimum absolute atomic E-state index is 0.116. The largest absolute Gasteiger partial charge is 0.383 e. The summed E-state index contributed by atoms with van der Waals surface area (Å²) in [5, 5.41) is 3.94. The lowest BCUT2D eigenvalue weighted by atomic mass is 10.3. The van der Waals surface area contributed by atoms with Crippen LogP contribution in [0.4, 0.5) is 10.2 Å². The van der Waals surface area contributed by atoms with Crippen molar-refractivity contribution < 1.29 is 9.18 Å². The number of nitrogen functional groups attached to an aromatic ring is 1. The Morgan fingerprint density at radius 2 is 2.18 bits per heavy atom. The lowest BCUT2D eigenvalue weighted by Gasteiger charge is -2.06. The fraction of sp³-hybridized carbons (Fsp3) is 0. The number of hydrogen-bond acceptors (Lipinski definition) is 3. The van der Waals surface area contributed by atoms with Crippen LogP contribution in [0.1, 0.15) is 10.4 Å². The quantitative estimate of drug-likeness (QED) is 0.880. The molecular weight excluding hydrogens is 291 g/mol. The maximum Gasteiger partial charge on any atom is 0.254 e. The number of carbonyl (C=O) groups excluding carboxylic acids is 1. The van der Waals surface area contributed by atoms with Gasteiger partial charge < -0.3 is 11.5 Å². The zero-order chi connectivity index (χ0) is 12.6. The summed E-state index contributed by atoms with van der Waals surface area (Å²) in [6.45, 7) is 0. The summed E-state index contributed by atoms with van der Waals surface area (Å²) in [5.41, 5.74) is 11.5. The number of nitrogens with two attached hydrogens (primary N) is 2. The van der Waals surface area contributed by atoms with Crippen LogP contribution in [0.2, 0.25) is 0 Å². The van der Waals surface area contributed by atoms with Gasteiger partial charge in [0.25, 0.3) is 5.91 Å². The molecule has 1 aromatic carbocycles. The van der Waals surface area contributed by atoms with Crippen molar-refractivity contribution >= 4 is 27.7 Å². The van der Waals surface area contributed by atoms with Crippen molar-refractivity contribution in [3.05, 3.63) is 40.2 Å². The number of amides is 1. The third-order valence-electron chi connectivity index (χ3n) is 2.21. The van der Waals surface area contributed by atoms with E-state index in [2.05, 4.69) is 21.0 Å². The molecule has 0 aliphatic rings. The van der Waals surface area contributed by atoms with E-state index < -0.39 is 5.91 Å². The zero-order valence-electron chi connectivity index (χ0n) is 8.52. The van der Waals surface area contributed by atoms with Gasteiger partial charge in [-0.25, -0.2) is 9.07 Å². The molecule has 4 N–H and O–H groups in total. The summed E-state index contributed by atoms with van der Waals surface area (Å²) in [6.07, 6.45) is 1.27. The molecule has 0 fully saturated rings. The molecule has 0 saturated heterocycles. The second-order valence-corrected chi connectivity index (χ2v) is 4.17. The molecule has 88 valence electrons. The topological polar surface area (TPSA) is 86.9 Å². The number of rotatable bonds is 2. The molecule has 1 aromatic heterocycles. The first-order valence-electron chi connectivity index (χ1n) is 4.59. The number of aromatic nitrogens is 2. The summed E-state index contributed by atoms with van der Waals surface area (Å²) >= 11 is 3.19. The van der Waals surface area contributed by atoms with Crippen LogP contribution in [0.5, 0.6) is 0 Å². The van der Waals surface area contributed by atoms with Gasteiger partial charge in [0.05, 0.1) is 11.9 Å². The van der Waals surface area contributed by atoms with Crippen LogP contribution in [0.25, 0.3) is 5.69 Å². The smallest absolute Gasteiger partial charge is 0.254 e. The highest BCUT2D eigenvalue weighted by atomic mass is 79.9. The van der Waals surface area contributed by atoms with E-state index in [-0.39, 0.29) is 17.2 Å². The van der Waals surface area contributed by atoms with Gasteiger partial charge in [0.1, 0.15) is 17.2 Å². The number of benzene rings is 1. The average Bonchev–Trinajstić information content (AvgIpc) is 2.60. The Morgan fingerprint density at radius 1 is 1.47 bits per heavy atom. The second kappa shape index (κ2) is 4.17. The van der Waals surface area contributed by atoms with E-state index in [0.717, 1.165) is 0 Å². The summed E-state index contributed by atoms with van der Waals surface area (Å²) in [7, 11) is 0. The van der Waals surface area contributed by atoms with Gasteiger partial charge in [-0.1, -0.05) is 0 Å². The van der Waals surface area contributed by atoms with E-state index in [1.807, 2.05) is 0 Å². The molecule has 2 aromatic rings. The number of halogens is 2. The molecule has 17 heavy (non-hydrogen) atoms. The first kappa shape index (κ1) is 11.6. The molecular formula is C10H8BrFN4O. The van der Waals surface area contributed by atoms with Gasteiger partial charge >= 0.3 is 0 Å². The number of primary amides is 1. The van der Waals surface area contributed by atoms with Gasteiger partial charge in [0.15, 0.2) is 0 Å². The minimum Gasteiger partial charge on any atom is -0.383 e. The average molecular weight is 299 g/mol. The van der Waals surface area contributed by atoms with Crippen LogP contribution < -0.4 is 11.5 Å². The Balaban J connectivity index is 2.57. The highest BCUT2D eigenvalue weighted by molar-refractivity contribution is 9.10. The van der Waals surface area contributed by atoms with Crippen molar-refractivity contribution in [2.24, 2.45) is 5.73 Å². The van der Waals surface area contributed by atoms with Crippen molar-refractivity contribution in [3.63, 3.8) is 0 Å². The standard InChI is InChI=1S/C10H8BrFN4O/c11-7-3-5(12)1-2-8(7)16-9(13)6(4-15-16)10(14)17/h1-4H,13H2,(H2,14,17). The summed E-state index contributed by atoms with van der Waals surface area (Å²) in [4.78, 5) is 11.0. The molecule has 0 bridgehead atoms. The zero-order valence-corrected chi connectivity index (χ0v) is 10.1. The molecule has 0 aliphatic heterocycles. The Labute approximate surface area is 104 Å². The van der Waals surface area contributed by atoms with Gasteiger partial charge in [0, 0.05) is 4.47 Å². The molecule has 5 nitrogen and oxygen atoms in total. The first-order chi connectivity index (χ1) is 8.00. The summed E-state index contributed by atoms with van der Waals surface area (Å²) in [5.74, 6) is -0.932. The molecule has 7 heteroatoms. The van der Waals surface area contributed by atoms with Crippen LogP contribution in [0.15, 0.2) is 28.9 Å². The normalized spacial score (nSPS) is 10.5. The van der Waals surface area contributed by atoms with Gasteiger partial charge in [0.2, 0.25) is 0 Å². The Kier molecular flexibility index (Phi) is 2.84. The minimum atomic E-state index is -0.660.